The van der Waals surface area contributed by atoms with E-state index in [1.54, 1.807) is 0 Å². The molecule has 2 N–H and O–H groups in total. The Labute approximate surface area is 87.7 Å². The molecule has 1 aliphatic carbocycles. The maximum Gasteiger partial charge on any atom is 0.108 e. The second kappa shape index (κ2) is 2.96. The van der Waals surface area contributed by atoms with E-state index in [1.807, 2.05) is 36.4 Å². The summed E-state index contributed by atoms with van der Waals surface area (Å²) in [7, 11) is 0. The van der Waals surface area contributed by atoms with Gasteiger partial charge >= 0.3 is 0 Å². The molecule has 1 aliphatic rings. The van der Waals surface area contributed by atoms with Crippen molar-refractivity contribution in [1.29, 1.82) is 0 Å². The van der Waals surface area contributed by atoms with E-state index >= 15 is 0 Å². The first kappa shape index (κ1) is 8.72. The van der Waals surface area contributed by atoms with Crippen LogP contribution in [-0.2, 0) is 0 Å². The number of halogens is 1. The van der Waals surface area contributed by atoms with Gasteiger partial charge in [-0.1, -0.05) is 30.3 Å². The SMILES string of the molecule is Nc1ccc(C2CC2F)c2ccccc12. The van der Waals surface area contributed by atoms with Crippen molar-refractivity contribution in [3.8, 4) is 0 Å². The lowest BCUT2D eigenvalue weighted by Crippen LogP contribution is -1.91. The van der Waals surface area contributed by atoms with Crippen molar-refractivity contribution >= 4 is 16.5 Å². The molecule has 0 radical (unpaired) electrons. The van der Waals surface area contributed by atoms with Gasteiger partial charge in [-0.3, -0.25) is 0 Å². The fourth-order valence-corrected chi connectivity index (χ4v) is 2.15. The Kier molecular flexibility index (Phi) is 1.72. The van der Waals surface area contributed by atoms with E-state index in [4.69, 9.17) is 5.73 Å². The van der Waals surface area contributed by atoms with Gasteiger partial charge in [0.1, 0.15) is 6.17 Å². The Hall–Kier alpha value is -1.57. The number of nitrogen functional groups attached to an aromatic ring is 1. The first-order valence-corrected chi connectivity index (χ1v) is 5.18. The van der Waals surface area contributed by atoms with Crippen LogP contribution in [0.15, 0.2) is 36.4 Å². The monoisotopic (exact) mass is 201 g/mol. The molecular weight excluding hydrogens is 189 g/mol. The van der Waals surface area contributed by atoms with Crippen molar-refractivity contribution in [1.82, 2.24) is 0 Å². The Balaban J connectivity index is 2.27. The minimum Gasteiger partial charge on any atom is -0.398 e. The Morgan fingerprint density at radius 2 is 1.73 bits per heavy atom. The molecule has 1 nitrogen and oxygen atoms in total. The highest BCUT2D eigenvalue weighted by Crippen LogP contribution is 2.46. The zero-order chi connectivity index (χ0) is 10.4. The van der Waals surface area contributed by atoms with E-state index in [-0.39, 0.29) is 5.92 Å². The minimum atomic E-state index is -0.656. The Morgan fingerprint density at radius 1 is 1.07 bits per heavy atom. The van der Waals surface area contributed by atoms with E-state index in [9.17, 15) is 4.39 Å². The van der Waals surface area contributed by atoms with Crippen LogP contribution >= 0.6 is 0 Å². The van der Waals surface area contributed by atoms with E-state index < -0.39 is 6.17 Å². The third-order valence-electron chi connectivity index (χ3n) is 3.10. The smallest absolute Gasteiger partial charge is 0.108 e. The summed E-state index contributed by atoms with van der Waals surface area (Å²) in [5.41, 5.74) is 7.76. The maximum absolute atomic E-state index is 13.1. The molecule has 1 saturated carbocycles. The molecule has 15 heavy (non-hydrogen) atoms. The molecule has 0 saturated heterocycles. The summed E-state index contributed by atoms with van der Waals surface area (Å²) in [6, 6.07) is 11.8. The molecule has 0 amide bonds. The van der Waals surface area contributed by atoms with Gasteiger partial charge in [-0.2, -0.15) is 0 Å². The predicted octanol–water partition coefficient (Wildman–Crippen LogP) is 3.25. The van der Waals surface area contributed by atoms with Crippen LogP contribution in [-0.4, -0.2) is 6.17 Å². The standard InChI is InChI=1S/C13H12FN/c14-12-7-11(12)9-5-6-13(15)10-4-2-1-3-8(9)10/h1-6,11-12H,7,15H2. The fraction of sp³-hybridized carbons (Fsp3) is 0.231. The number of anilines is 1. The van der Waals surface area contributed by atoms with Gasteiger partial charge < -0.3 is 5.73 Å². The van der Waals surface area contributed by atoms with Crippen molar-refractivity contribution in [2.24, 2.45) is 0 Å². The van der Waals surface area contributed by atoms with Crippen LogP contribution in [0.3, 0.4) is 0 Å². The lowest BCUT2D eigenvalue weighted by Gasteiger charge is -2.07. The van der Waals surface area contributed by atoms with Gasteiger partial charge in [-0.15, -0.1) is 0 Å². The van der Waals surface area contributed by atoms with Gasteiger partial charge in [0.2, 0.25) is 0 Å². The summed E-state index contributed by atoms with van der Waals surface area (Å²) in [6.07, 6.45) is 0.00510. The van der Waals surface area contributed by atoms with Gasteiger partial charge in [0.15, 0.2) is 0 Å². The number of hydrogen-bond donors (Lipinski definition) is 1. The van der Waals surface area contributed by atoms with Crippen LogP contribution in [0.5, 0.6) is 0 Å². The third kappa shape index (κ3) is 1.29. The molecule has 0 heterocycles. The Morgan fingerprint density at radius 3 is 2.40 bits per heavy atom. The van der Waals surface area contributed by atoms with Crippen molar-refractivity contribution in [3.05, 3.63) is 42.0 Å². The second-order valence-corrected chi connectivity index (χ2v) is 4.15. The molecule has 0 aliphatic heterocycles. The average molecular weight is 201 g/mol. The topological polar surface area (TPSA) is 26.0 Å². The van der Waals surface area contributed by atoms with Crippen LogP contribution in [0.4, 0.5) is 10.1 Å². The fourth-order valence-electron chi connectivity index (χ4n) is 2.15. The van der Waals surface area contributed by atoms with Gasteiger partial charge in [0, 0.05) is 17.0 Å². The summed E-state index contributed by atoms with van der Waals surface area (Å²) in [4.78, 5) is 0. The lowest BCUT2D eigenvalue weighted by molar-refractivity contribution is 0.469. The number of nitrogens with two attached hydrogens (primary N) is 1. The normalized spacial score (nSPS) is 24.3. The highest BCUT2D eigenvalue weighted by Gasteiger charge is 2.39. The number of fused-ring (bicyclic) bond motifs is 1. The third-order valence-corrected chi connectivity index (χ3v) is 3.10. The highest BCUT2D eigenvalue weighted by atomic mass is 19.1. The summed E-state index contributed by atoms with van der Waals surface area (Å²) >= 11 is 0. The molecule has 2 aromatic rings. The van der Waals surface area contributed by atoms with Gasteiger partial charge in [-0.05, 0) is 23.4 Å². The summed E-state index contributed by atoms with van der Waals surface area (Å²) in [5.74, 6) is 0.0931. The molecule has 0 spiro atoms. The van der Waals surface area contributed by atoms with E-state index in [1.165, 1.54) is 0 Å². The highest BCUT2D eigenvalue weighted by molar-refractivity contribution is 5.95. The van der Waals surface area contributed by atoms with Crippen molar-refractivity contribution in [3.63, 3.8) is 0 Å². The second-order valence-electron chi connectivity index (χ2n) is 4.15. The molecule has 1 fully saturated rings. The predicted molar refractivity (Wildman–Crippen MR) is 60.6 cm³/mol. The van der Waals surface area contributed by atoms with Crippen molar-refractivity contribution in [2.75, 3.05) is 5.73 Å². The minimum absolute atomic E-state index is 0.0931. The van der Waals surface area contributed by atoms with Crippen LogP contribution < -0.4 is 5.73 Å². The van der Waals surface area contributed by atoms with E-state index in [2.05, 4.69) is 0 Å². The summed E-state index contributed by atoms with van der Waals surface area (Å²) < 4.78 is 13.1. The van der Waals surface area contributed by atoms with Crippen LogP contribution in [0.1, 0.15) is 17.9 Å². The Bertz CT molecular complexity index is 521. The number of rotatable bonds is 1. The molecule has 0 aromatic heterocycles. The van der Waals surface area contributed by atoms with Gasteiger partial charge in [0.25, 0.3) is 0 Å². The van der Waals surface area contributed by atoms with Gasteiger partial charge in [0.05, 0.1) is 0 Å². The maximum atomic E-state index is 13.1. The summed E-state index contributed by atoms with van der Waals surface area (Å²) in [5, 5.41) is 2.14. The van der Waals surface area contributed by atoms with Crippen LogP contribution in [0.2, 0.25) is 0 Å². The van der Waals surface area contributed by atoms with Crippen molar-refractivity contribution in [2.45, 2.75) is 18.5 Å². The molecule has 2 aromatic carbocycles. The molecule has 2 atom stereocenters. The zero-order valence-corrected chi connectivity index (χ0v) is 8.28. The first-order valence-electron chi connectivity index (χ1n) is 5.18. The van der Waals surface area contributed by atoms with Gasteiger partial charge in [-0.25, -0.2) is 4.39 Å². The van der Waals surface area contributed by atoms with E-state index in [0.717, 1.165) is 22.0 Å². The van der Waals surface area contributed by atoms with E-state index in [0.29, 0.717) is 6.42 Å². The lowest BCUT2D eigenvalue weighted by atomic mass is 10.00. The average Bonchev–Trinajstić information content (AvgIpc) is 2.96. The molecule has 2 unspecified atom stereocenters. The number of alkyl halides is 1. The van der Waals surface area contributed by atoms with Crippen molar-refractivity contribution < 1.29 is 4.39 Å². The molecule has 3 rings (SSSR count). The molecular formula is C13H12FN. The first-order chi connectivity index (χ1) is 7.27. The number of hydrogen-bond acceptors (Lipinski definition) is 1. The largest absolute Gasteiger partial charge is 0.398 e. The molecule has 76 valence electrons. The number of benzene rings is 2. The van der Waals surface area contributed by atoms with Crippen LogP contribution in [0, 0.1) is 0 Å². The summed E-state index contributed by atoms with van der Waals surface area (Å²) in [6.45, 7) is 0. The van der Waals surface area contributed by atoms with Crippen LogP contribution in [0.25, 0.3) is 10.8 Å². The molecule has 2 heteroatoms. The zero-order valence-electron chi connectivity index (χ0n) is 8.28. The molecule has 0 bridgehead atoms. The quantitative estimate of drug-likeness (QED) is 0.704.